The number of ether oxygens (including phenoxy) is 1. The summed E-state index contributed by atoms with van der Waals surface area (Å²) in [6, 6.07) is 3.48. The first kappa shape index (κ1) is 16.2. The molecule has 5 nitrogen and oxygen atoms in total. The highest BCUT2D eigenvalue weighted by Gasteiger charge is 2.10. The standard InChI is InChI=1S/C15H20N2O3/c1-20-12-5-3-9-17-15(19)14-13(7-2-4-11-18)8-6-10-16-14/h6,8,10,18H,3-5,9,11-12H2,1H3,(H,17,19). The minimum atomic E-state index is -0.226. The molecule has 1 amide bonds. The van der Waals surface area contributed by atoms with Crippen molar-refractivity contribution >= 4 is 5.91 Å². The van der Waals surface area contributed by atoms with Crippen LogP contribution in [0.4, 0.5) is 0 Å². The van der Waals surface area contributed by atoms with Gasteiger partial charge in [-0.1, -0.05) is 11.8 Å². The number of hydrogen-bond donors (Lipinski definition) is 2. The highest BCUT2D eigenvalue weighted by molar-refractivity contribution is 5.94. The molecule has 0 radical (unpaired) electrons. The molecule has 0 fully saturated rings. The van der Waals surface area contributed by atoms with Gasteiger partial charge in [-0.25, -0.2) is 4.98 Å². The molecule has 0 saturated heterocycles. The maximum absolute atomic E-state index is 12.0. The molecule has 5 heteroatoms. The molecule has 1 aromatic rings. The number of rotatable bonds is 7. The van der Waals surface area contributed by atoms with E-state index in [1.165, 1.54) is 0 Å². The van der Waals surface area contributed by atoms with E-state index in [9.17, 15) is 4.79 Å². The number of carbonyl (C=O) groups excluding carboxylic acids is 1. The normalized spacial score (nSPS) is 9.70. The van der Waals surface area contributed by atoms with Gasteiger partial charge in [-0.3, -0.25) is 4.79 Å². The third-order valence-corrected chi connectivity index (χ3v) is 2.54. The van der Waals surface area contributed by atoms with Crippen molar-refractivity contribution in [3.05, 3.63) is 29.6 Å². The summed E-state index contributed by atoms with van der Waals surface area (Å²) < 4.78 is 4.94. The van der Waals surface area contributed by atoms with Gasteiger partial charge in [-0.05, 0) is 25.0 Å². The molecule has 0 unspecified atom stereocenters. The Morgan fingerprint density at radius 1 is 1.50 bits per heavy atom. The zero-order valence-electron chi connectivity index (χ0n) is 11.7. The number of carbonyl (C=O) groups is 1. The van der Waals surface area contributed by atoms with E-state index in [2.05, 4.69) is 22.1 Å². The van der Waals surface area contributed by atoms with Crippen LogP contribution in [0.15, 0.2) is 18.3 Å². The van der Waals surface area contributed by atoms with Gasteiger partial charge in [0.2, 0.25) is 0 Å². The molecule has 20 heavy (non-hydrogen) atoms. The van der Waals surface area contributed by atoms with Gasteiger partial charge in [-0.2, -0.15) is 0 Å². The molecule has 108 valence electrons. The van der Waals surface area contributed by atoms with Crippen molar-refractivity contribution in [3.8, 4) is 11.8 Å². The molecule has 0 spiro atoms. The SMILES string of the molecule is COCCCCNC(=O)c1ncccc1C#CCCO. The third-order valence-electron chi connectivity index (χ3n) is 2.54. The Morgan fingerprint density at radius 3 is 3.10 bits per heavy atom. The molecule has 1 heterocycles. The van der Waals surface area contributed by atoms with E-state index in [1.54, 1.807) is 25.4 Å². The number of pyridine rings is 1. The lowest BCUT2D eigenvalue weighted by molar-refractivity contribution is 0.0946. The first-order chi connectivity index (χ1) is 9.79. The summed E-state index contributed by atoms with van der Waals surface area (Å²) in [5.41, 5.74) is 0.903. The number of amides is 1. The van der Waals surface area contributed by atoms with Crippen molar-refractivity contribution in [1.29, 1.82) is 0 Å². The topological polar surface area (TPSA) is 71.5 Å². The largest absolute Gasteiger partial charge is 0.395 e. The molecule has 0 aliphatic rings. The van der Waals surface area contributed by atoms with Gasteiger partial charge in [0.25, 0.3) is 5.91 Å². The Balaban J connectivity index is 2.57. The van der Waals surface area contributed by atoms with E-state index < -0.39 is 0 Å². The second-order valence-electron chi connectivity index (χ2n) is 4.13. The minimum absolute atomic E-state index is 0.00823. The summed E-state index contributed by atoms with van der Waals surface area (Å²) in [5, 5.41) is 11.5. The number of nitrogens with zero attached hydrogens (tertiary/aromatic N) is 1. The van der Waals surface area contributed by atoms with Gasteiger partial charge >= 0.3 is 0 Å². The fourth-order valence-corrected chi connectivity index (χ4v) is 1.56. The molecule has 0 aliphatic heterocycles. The summed E-state index contributed by atoms with van der Waals surface area (Å²) in [6.45, 7) is 1.29. The Labute approximate surface area is 119 Å². The van der Waals surface area contributed by atoms with Crippen molar-refractivity contribution < 1.29 is 14.6 Å². The van der Waals surface area contributed by atoms with Crippen molar-refractivity contribution in [3.63, 3.8) is 0 Å². The average Bonchev–Trinajstić information content (AvgIpc) is 2.47. The average molecular weight is 276 g/mol. The van der Waals surface area contributed by atoms with Crippen molar-refractivity contribution in [2.24, 2.45) is 0 Å². The number of nitrogens with one attached hydrogen (secondary N) is 1. The number of aliphatic hydroxyl groups is 1. The first-order valence-electron chi connectivity index (χ1n) is 6.61. The molecular formula is C15H20N2O3. The van der Waals surface area contributed by atoms with Gasteiger partial charge in [0.15, 0.2) is 0 Å². The van der Waals surface area contributed by atoms with E-state index >= 15 is 0 Å². The van der Waals surface area contributed by atoms with Crippen LogP contribution in [0.2, 0.25) is 0 Å². The second kappa shape index (κ2) is 9.96. The van der Waals surface area contributed by atoms with Gasteiger partial charge in [0.1, 0.15) is 5.69 Å². The smallest absolute Gasteiger partial charge is 0.271 e. The lowest BCUT2D eigenvalue weighted by Crippen LogP contribution is -2.26. The van der Waals surface area contributed by atoms with E-state index in [0.717, 1.165) is 12.8 Å². The Kier molecular flexibility index (Phi) is 8.04. The van der Waals surface area contributed by atoms with Gasteiger partial charge in [0, 0.05) is 32.9 Å². The van der Waals surface area contributed by atoms with Crippen LogP contribution >= 0.6 is 0 Å². The first-order valence-corrected chi connectivity index (χ1v) is 6.61. The summed E-state index contributed by atoms with van der Waals surface area (Å²) in [4.78, 5) is 16.1. The zero-order chi connectivity index (χ0) is 14.6. The molecule has 0 atom stereocenters. The Bertz CT molecular complexity index is 477. The molecule has 0 saturated carbocycles. The molecule has 0 bridgehead atoms. The molecule has 0 aromatic carbocycles. The zero-order valence-corrected chi connectivity index (χ0v) is 11.7. The number of unbranched alkanes of at least 4 members (excludes halogenated alkanes) is 1. The van der Waals surface area contributed by atoms with Crippen LogP contribution in [0.25, 0.3) is 0 Å². The fraction of sp³-hybridized carbons (Fsp3) is 0.467. The number of hydrogen-bond acceptors (Lipinski definition) is 4. The van der Waals surface area contributed by atoms with Crippen LogP contribution < -0.4 is 5.32 Å². The van der Waals surface area contributed by atoms with E-state index in [0.29, 0.717) is 30.8 Å². The van der Waals surface area contributed by atoms with E-state index in [1.807, 2.05) is 0 Å². The Hall–Kier alpha value is -1.90. The maximum atomic E-state index is 12.0. The number of aliphatic hydroxyl groups excluding tert-OH is 1. The van der Waals surface area contributed by atoms with Gasteiger partial charge in [0.05, 0.1) is 12.2 Å². The summed E-state index contributed by atoms with van der Waals surface area (Å²) in [5.74, 6) is 5.42. The monoisotopic (exact) mass is 276 g/mol. The quantitative estimate of drug-likeness (QED) is 0.575. The van der Waals surface area contributed by atoms with Crippen molar-refractivity contribution in [1.82, 2.24) is 10.3 Å². The Morgan fingerprint density at radius 2 is 2.35 bits per heavy atom. The third kappa shape index (κ3) is 5.83. The summed E-state index contributed by atoms with van der Waals surface area (Å²) in [6.07, 6.45) is 3.71. The van der Waals surface area contributed by atoms with Crippen LogP contribution in [0.3, 0.4) is 0 Å². The van der Waals surface area contributed by atoms with Gasteiger partial charge in [-0.15, -0.1) is 0 Å². The maximum Gasteiger partial charge on any atom is 0.271 e. The minimum Gasteiger partial charge on any atom is -0.395 e. The fourth-order valence-electron chi connectivity index (χ4n) is 1.56. The number of methoxy groups -OCH3 is 1. The highest BCUT2D eigenvalue weighted by Crippen LogP contribution is 2.03. The molecule has 1 aromatic heterocycles. The van der Waals surface area contributed by atoms with Crippen LogP contribution in [0.5, 0.6) is 0 Å². The lowest BCUT2D eigenvalue weighted by Gasteiger charge is -2.05. The number of aromatic nitrogens is 1. The lowest BCUT2D eigenvalue weighted by atomic mass is 10.2. The van der Waals surface area contributed by atoms with Crippen LogP contribution in [0.1, 0.15) is 35.3 Å². The van der Waals surface area contributed by atoms with Gasteiger partial charge < -0.3 is 15.2 Å². The summed E-state index contributed by atoms with van der Waals surface area (Å²) in [7, 11) is 1.66. The predicted molar refractivity (Wildman–Crippen MR) is 76.3 cm³/mol. The molecule has 0 aliphatic carbocycles. The van der Waals surface area contributed by atoms with Crippen molar-refractivity contribution in [2.75, 3.05) is 26.9 Å². The predicted octanol–water partition coefficient (Wildman–Crippen LogP) is 0.972. The van der Waals surface area contributed by atoms with Crippen LogP contribution in [-0.2, 0) is 4.74 Å². The van der Waals surface area contributed by atoms with Crippen molar-refractivity contribution in [2.45, 2.75) is 19.3 Å². The highest BCUT2D eigenvalue weighted by atomic mass is 16.5. The second-order valence-corrected chi connectivity index (χ2v) is 4.13. The van der Waals surface area contributed by atoms with Crippen LogP contribution in [-0.4, -0.2) is 42.9 Å². The summed E-state index contributed by atoms with van der Waals surface area (Å²) >= 11 is 0. The molecule has 2 N–H and O–H groups in total. The van der Waals surface area contributed by atoms with Crippen LogP contribution in [0, 0.1) is 11.8 Å². The van der Waals surface area contributed by atoms with E-state index in [-0.39, 0.29) is 12.5 Å². The molecular weight excluding hydrogens is 256 g/mol. The van der Waals surface area contributed by atoms with E-state index in [4.69, 9.17) is 9.84 Å². The molecule has 1 rings (SSSR count).